The van der Waals surface area contributed by atoms with E-state index in [4.69, 9.17) is 0 Å². The summed E-state index contributed by atoms with van der Waals surface area (Å²) in [7, 11) is 1.37. The summed E-state index contributed by atoms with van der Waals surface area (Å²) in [6.07, 6.45) is -3.84. The first-order valence-electron chi connectivity index (χ1n) is 7.81. The number of nitrogens with zero attached hydrogens (tertiary/aromatic N) is 1. The van der Waals surface area contributed by atoms with E-state index in [0.717, 1.165) is 16.7 Å². The maximum atomic E-state index is 12.7. The van der Waals surface area contributed by atoms with E-state index in [1.807, 2.05) is 0 Å². The maximum Gasteiger partial charge on any atom is 0.401 e. The molecule has 0 aliphatic carbocycles. The number of amides is 2. The molecule has 0 aromatic heterocycles. The van der Waals surface area contributed by atoms with E-state index in [0.29, 0.717) is 12.1 Å². The third-order valence-corrected chi connectivity index (χ3v) is 4.01. The van der Waals surface area contributed by atoms with Gasteiger partial charge < -0.3 is 10.6 Å². The minimum absolute atomic E-state index is 0.0547. The summed E-state index contributed by atoms with van der Waals surface area (Å²) < 4.78 is 49.2. The van der Waals surface area contributed by atoms with E-state index >= 15 is 0 Å². The van der Waals surface area contributed by atoms with Gasteiger partial charge >= 0.3 is 6.18 Å². The van der Waals surface area contributed by atoms with Gasteiger partial charge in [0.1, 0.15) is 5.82 Å². The largest absolute Gasteiger partial charge is 0.401 e. The van der Waals surface area contributed by atoms with Gasteiger partial charge in [-0.25, -0.2) is 4.39 Å². The maximum absolute atomic E-state index is 12.7. The number of rotatable bonds is 10. The molecule has 5 nitrogen and oxygen atoms in total. The number of benzene rings is 1. The summed E-state index contributed by atoms with van der Waals surface area (Å²) in [5.41, 5.74) is 0.462. The third kappa shape index (κ3) is 10.9. The molecule has 0 fully saturated rings. The lowest BCUT2D eigenvalue weighted by Crippen LogP contribution is -2.34. The van der Waals surface area contributed by atoms with Crippen LogP contribution in [-0.4, -0.2) is 61.1 Å². The van der Waals surface area contributed by atoms with Gasteiger partial charge in [-0.15, -0.1) is 11.8 Å². The molecule has 2 amide bonds. The van der Waals surface area contributed by atoms with Crippen LogP contribution in [0.1, 0.15) is 6.42 Å². The fraction of sp³-hybridized carbons (Fsp3) is 0.500. The molecule has 0 unspecified atom stereocenters. The Labute approximate surface area is 153 Å². The molecule has 26 heavy (non-hydrogen) atoms. The number of anilines is 1. The summed E-state index contributed by atoms with van der Waals surface area (Å²) in [5.74, 6) is -0.890. The van der Waals surface area contributed by atoms with Crippen LogP contribution < -0.4 is 10.6 Å². The van der Waals surface area contributed by atoms with Crippen LogP contribution in [0.3, 0.4) is 0 Å². The molecule has 146 valence electrons. The zero-order chi connectivity index (χ0) is 19.6. The average molecular weight is 395 g/mol. The Bertz CT molecular complexity index is 582. The molecule has 2 N–H and O–H groups in total. The highest BCUT2D eigenvalue weighted by Crippen LogP contribution is 2.15. The Hall–Kier alpha value is -1.81. The van der Waals surface area contributed by atoms with Crippen LogP contribution in [0.4, 0.5) is 23.2 Å². The number of hydrogen-bond acceptors (Lipinski definition) is 4. The second-order valence-electron chi connectivity index (χ2n) is 5.60. The van der Waals surface area contributed by atoms with Crippen molar-refractivity contribution < 1.29 is 27.2 Å². The van der Waals surface area contributed by atoms with Gasteiger partial charge in [-0.1, -0.05) is 0 Å². The van der Waals surface area contributed by atoms with Crippen LogP contribution in [0.2, 0.25) is 0 Å². The second-order valence-corrected chi connectivity index (χ2v) is 6.59. The quantitative estimate of drug-likeness (QED) is 0.472. The molecule has 1 rings (SSSR count). The van der Waals surface area contributed by atoms with Crippen molar-refractivity contribution in [1.29, 1.82) is 0 Å². The molecule has 0 aliphatic heterocycles. The summed E-state index contributed by atoms with van der Waals surface area (Å²) in [5, 5.41) is 5.16. The Morgan fingerprint density at radius 3 is 2.35 bits per heavy atom. The first-order chi connectivity index (χ1) is 12.2. The van der Waals surface area contributed by atoms with Crippen molar-refractivity contribution in [1.82, 2.24) is 10.2 Å². The lowest BCUT2D eigenvalue weighted by Gasteiger charge is -2.18. The van der Waals surface area contributed by atoms with E-state index in [2.05, 4.69) is 10.6 Å². The first kappa shape index (κ1) is 22.2. The number of halogens is 4. The molecule has 0 heterocycles. The van der Waals surface area contributed by atoms with Crippen LogP contribution in [0, 0.1) is 5.82 Å². The van der Waals surface area contributed by atoms with Crippen LogP contribution in [-0.2, 0) is 9.59 Å². The predicted molar refractivity (Wildman–Crippen MR) is 93.5 cm³/mol. The zero-order valence-corrected chi connectivity index (χ0v) is 15.1. The van der Waals surface area contributed by atoms with Gasteiger partial charge in [0.2, 0.25) is 11.8 Å². The van der Waals surface area contributed by atoms with Crippen molar-refractivity contribution in [3.05, 3.63) is 30.1 Å². The minimum atomic E-state index is -4.23. The standard InChI is InChI=1S/C16H21F4N3O2S/c1-23(11-16(18,19)20)8-2-7-21-14(24)9-26-10-15(25)22-13-5-3-12(17)4-6-13/h3-6H,2,7-11H2,1H3,(H,21,24)(H,22,25). The Morgan fingerprint density at radius 1 is 1.12 bits per heavy atom. The fourth-order valence-corrected chi connectivity index (χ4v) is 2.63. The Kier molecular flexibility index (Phi) is 9.42. The SMILES string of the molecule is CN(CCCNC(=O)CSCC(=O)Nc1ccc(F)cc1)CC(F)(F)F. The topological polar surface area (TPSA) is 61.4 Å². The van der Waals surface area contributed by atoms with Gasteiger partial charge in [0.15, 0.2) is 0 Å². The van der Waals surface area contributed by atoms with Gasteiger partial charge in [-0.05, 0) is 44.3 Å². The number of hydrogen-bond donors (Lipinski definition) is 2. The highest BCUT2D eigenvalue weighted by Gasteiger charge is 2.28. The van der Waals surface area contributed by atoms with Crippen LogP contribution >= 0.6 is 11.8 Å². The van der Waals surface area contributed by atoms with Gasteiger partial charge in [0.05, 0.1) is 18.1 Å². The second kappa shape index (κ2) is 11.0. The highest BCUT2D eigenvalue weighted by atomic mass is 32.2. The van der Waals surface area contributed by atoms with Crippen molar-refractivity contribution in [2.45, 2.75) is 12.6 Å². The van der Waals surface area contributed by atoms with Crippen molar-refractivity contribution in [3.63, 3.8) is 0 Å². The van der Waals surface area contributed by atoms with Crippen molar-refractivity contribution in [3.8, 4) is 0 Å². The summed E-state index contributed by atoms with van der Waals surface area (Å²) in [4.78, 5) is 24.4. The van der Waals surface area contributed by atoms with Gasteiger partial charge in [0.25, 0.3) is 0 Å². The van der Waals surface area contributed by atoms with Crippen LogP contribution in [0.15, 0.2) is 24.3 Å². The predicted octanol–water partition coefficient (Wildman–Crippen LogP) is 2.50. The van der Waals surface area contributed by atoms with Crippen molar-refractivity contribution >= 4 is 29.3 Å². The molecule has 0 bridgehead atoms. The molecule has 0 spiro atoms. The number of carbonyl (C=O) groups is 2. The van der Waals surface area contributed by atoms with E-state index in [1.54, 1.807) is 0 Å². The van der Waals surface area contributed by atoms with E-state index in [-0.39, 0.29) is 36.4 Å². The summed E-state index contributed by atoms with van der Waals surface area (Å²) in [6, 6.07) is 5.31. The highest BCUT2D eigenvalue weighted by molar-refractivity contribution is 8.00. The smallest absolute Gasteiger partial charge is 0.355 e. The molecule has 0 atom stereocenters. The third-order valence-electron chi connectivity index (χ3n) is 3.08. The minimum Gasteiger partial charge on any atom is -0.355 e. The molecule has 1 aromatic rings. The van der Waals surface area contributed by atoms with Crippen LogP contribution in [0.5, 0.6) is 0 Å². The van der Waals surface area contributed by atoms with Crippen molar-refractivity contribution in [2.75, 3.05) is 43.5 Å². The number of carbonyl (C=O) groups excluding carboxylic acids is 2. The lowest BCUT2D eigenvalue weighted by atomic mass is 10.3. The average Bonchev–Trinajstić information content (AvgIpc) is 2.52. The summed E-state index contributed by atoms with van der Waals surface area (Å²) in [6.45, 7) is -0.504. The van der Waals surface area contributed by atoms with E-state index in [9.17, 15) is 27.2 Å². The summed E-state index contributed by atoms with van der Waals surface area (Å²) >= 11 is 1.11. The van der Waals surface area contributed by atoms with Crippen LogP contribution in [0.25, 0.3) is 0 Å². The van der Waals surface area contributed by atoms with Gasteiger partial charge in [0, 0.05) is 12.2 Å². The van der Waals surface area contributed by atoms with Crippen molar-refractivity contribution in [2.24, 2.45) is 0 Å². The molecule has 10 heteroatoms. The van der Waals surface area contributed by atoms with E-state index in [1.165, 1.54) is 31.3 Å². The molecule has 0 saturated carbocycles. The number of thioether (sulfide) groups is 1. The molecular formula is C16H21F4N3O2S. The van der Waals surface area contributed by atoms with Gasteiger partial charge in [-0.2, -0.15) is 13.2 Å². The molecule has 0 aliphatic rings. The monoisotopic (exact) mass is 395 g/mol. The molecule has 0 saturated heterocycles. The molecule has 0 radical (unpaired) electrons. The lowest BCUT2D eigenvalue weighted by molar-refractivity contribution is -0.143. The molecular weight excluding hydrogens is 374 g/mol. The fourth-order valence-electron chi connectivity index (χ4n) is 1.98. The van der Waals surface area contributed by atoms with E-state index < -0.39 is 18.5 Å². The number of nitrogens with one attached hydrogen (secondary N) is 2. The molecule has 1 aromatic carbocycles. The zero-order valence-electron chi connectivity index (χ0n) is 14.2. The normalized spacial score (nSPS) is 11.5. The first-order valence-corrected chi connectivity index (χ1v) is 8.96. The Balaban J connectivity index is 2.09. The van der Waals surface area contributed by atoms with Gasteiger partial charge in [-0.3, -0.25) is 14.5 Å². The Morgan fingerprint density at radius 2 is 1.73 bits per heavy atom. The number of alkyl halides is 3.